The molecule has 0 bridgehead atoms. The zero-order valence-corrected chi connectivity index (χ0v) is 18.3. The van der Waals surface area contributed by atoms with E-state index in [0.717, 1.165) is 16.8 Å². The van der Waals surface area contributed by atoms with Crippen LogP contribution in [0.4, 0.5) is 0 Å². The van der Waals surface area contributed by atoms with Gasteiger partial charge in [0.25, 0.3) is 5.82 Å². The van der Waals surface area contributed by atoms with E-state index in [9.17, 15) is 9.59 Å². The van der Waals surface area contributed by atoms with E-state index < -0.39 is 12.6 Å². The van der Waals surface area contributed by atoms with Crippen LogP contribution in [0.25, 0.3) is 17.1 Å². The quantitative estimate of drug-likeness (QED) is 0.299. The van der Waals surface area contributed by atoms with Gasteiger partial charge in [0.1, 0.15) is 0 Å². The Hall–Kier alpha value is -3.77. The predicted octanol–water partition coefficient (Wildman–Crippen LogP) is 5.24. The zero-order chi connectivity index (χ0) is 22.7. The second kappa shape index (κ2) is 9.16. The Kier molecular flexibility index (Phi) is 6.14. The standard InChI is InChI=1S/C25H20ClN3O3/c1-16-11-12-21(13-17(16)2)29-24(19-9-6-10-20(26)14-19)27-23(28-29)25(31)32-15-22(30)18-7-4-3-5-8-18/h3-14H,15H2,1-2H3. The van der Waals surface area contributed by atoms with Crippen molar-refractivity contribution in [2.75, 3.05) is 6.61 Å². The second-order valence-corrected chi connectivity index (χ2v) is 7.75. The maximum absolute atomic E-state index is 12.7. The third kappa shape index (κ3) is 4.60. The van der Waals surface area contributed by atoms with Gasteiger partial charge in [-0.25, -0.2) is 14.5 Å². The van der Waals surface area contributed by atoms with Gasteiger partial charge in [-0.1, -0.05) is 60.1 Å². The van der Waals surface area contributed by atoms with Crippen molar-refractivity contribution < 1.29 is 14.3 Å². The van der Waals surface area contributed by atoms with Crippen molar-refractivity contribution >= 4 is 23.4 Å². The van der Waals surface area contributed by atoms with Crippen LogP contribution in [0, 0.1) is 13.8 Å². The third-order valence-electron chi connectivity index (χ3n) is 5.04. The average Bonchev–Trinajstić information content (AvgIpc) is 3.25. The Bertz CT molecular complexity index is 1300. The van der Waals surface area contributed by atoms with E-state index in [0.29, 0.717) is 22.0 Å². The number of hydrogen-bond acceptors (Lipinski definition) is 5. The molecule has 0 spiro atoms. The van der Waals surface area contributed by atoms with Crippen molar-refractivity contribution in [2.24, 2.45) is 0 Å². The Balaban J connectivity index is 1.66. The maximum atomic E-state index is 12.7. The van der Waals surface area contributed by atoms with Gasteiger partial charge in [0.15, 0.2) is 18.2 Å². The van der Waals surface area contributed by atoms with Gasteiger partial charge in [-0.2, -0.15) is 0 Å². The molecule has 32 heavy (non-hydrogen) atoms. The number of hydrogen-bond donors (Lipinski definition) is 0. The molecule has 160 valence electrons. The van der Waals surface area contributed by atoms with Crippen LogP contribution in [0.5, 0.6) is 0 Å². The zero-order valence-electron chi connectivity index (χ0n) is 17.6. The molecule has 0 fully saturated rings. The monoisotopic (exact) mass is 445 g/mol. The van der Waals surface area contributed by atoms with E-state index in [1.54, 1.807) is 47.1 Å². The summed E-state index contributed by atoms with van der Waals surface area (Å²) < 4.78 is 6.78. The van der Waals surface area contributed by atoms with Crippen molar-refractivity contribution in [2.45, 2.75) is 13.8 Å². The number of halogens is 1. The van der Waals surface area contributed by atoms with Gasteiger partial charge >= 0.3 is 5.97 Å². The molecule has 6 nitrogen and oxygen atoms in total. The summed E-state index contributed by atoms with van der Waals surface area (Å²) in [6.45, 7) is 3.62. The molecule has 3 aromatic carbocycles. The molecular weight excluding hydrogens is 426 g/mol. The largest absolute Gasteiger partial charge is 0.451 e. The lowest BCUT2D eigenvalue weighted by Crippen LogP contribution is -2.15. The summed E-state index contributed by atoms with van der Waals surface area (Å²) in [6, 6.07) is 21.6. The summed E-state index contributed by atoms with van der Waals surface area (Å²) in [5.74, 6) is -0.779. The smallest absolute Gasteiger partial charge is 0.378 e. The minimum absolute atomic E-state index is 0.140. The molecule has 0 atom stereocenters. The molecular formula is C25H20ClN3O3. The first-order chi connectivity index (χ1) is 15.4. The number of aryl methyl sites for hydroxylation is 2. The Morgan fingerprint density at radius 2 is 1.72 bits per heavy atom. The van der Waals surface area contributed by atoms with E-state index >= 15 is 0 Å². The van der Waals surface area contributed by atoms with Gasteiger partial charge < -0.3 is 4.74 Å². The van der Waals surface area contributed by atoms with Crippen LogP contribution in [0.15, 0.2) is 72.8 Å². The third-order valence-corrected chi connectivity index (χ3v) is 5.27. The van der Waals surface area contributed by atoms with Gasteiger partial charge in [0, 0.05) is 16.1 Å². The van der Waals surface area contributed by atoms with E-state index in [1.807, 2.05) is 44.2 Å². The van der Waals surface area contributed by atoms with Crippen molar-refractivity contribution in [1.82, 2.24) is 14.8 Å². The summed E-state index contributed by atoms with van der Waals surface area (Å²) in [5, 5.41) is 4.92. The van der Waals surface area contributed by atoms with E-state index in [1.165, 1.54) is 0 Å². The van der Waals surface area contributed by atoms with Crippen LogP contribution in [-0.4, -0.2) is 33.1 Å². The van der Waals surface area contributed by atoms with Crippen molar-refractivity contribution in [3.8, 4) is 17.1 Å². The molecule has 0 saturated carbocycles. The Morgan fingerprint density at radius 1 is 0.938 bits per heavy atom. The van der Waals surface area contributed by atoms with Gasteiger partial charge in [0.05, 0.1) is 5.69 Å². The van der Waals surface area contributed by atoms with Crippen LogP contribution in [0.3, 0.4) is 0 Å². The number of carbonyl (C=O) groups is 2. The minimum Gasteiger partial charge on any atom is -0.451 e. The fourth-order valence-electron chi connectivity index (χ4n) is 3.15. The highest BCUT2D eigenvalue weighted by Gasteiger charge is 2.21. The molecule has 0 N–H and O–H groups in total. The lowest BCUT2D eigenvalue weighted by atomic mass is 10.1. The van der Waals surface area contributed by atoms with Gasteiger partial charge in [-0.15, -0.1) is 5.10 Å². The fourth-order valence-corrected chi connectivity index (χ4v) is 3.34. The SMILES string of the molecule is Cc1ccc(-n2nc(C(=O)OCC(=O)c3ccccc3)nc2-c2cccc(Cl)c2)cc1C. The van der Waals surface area contributed by atoms with E-state index in [4.69, 9.17) is 16.3 Å². The molecule has 0 saturated heterocycles. The number of esters is 1. The summed E-state index contributed by atoms with van der Waals surface area (Å²) in [5.41, 5.74) is 4.12. The molecule has 0 radical (unpaired) electrons. The summed E-state index contributed by atoms with van der Waals surface area (Å²) in [4.78, 5) is 29.3. The molecule has 1 heterocycles. The highest BCUT2D eigenvalue weighted by molar-refractivity contribution is 6.30. The molecule has 4 aromatic rings. The first-order valence-electron chi connectivity index (χ1n) is 9.98. The van der Waals surface area contributed by atoms with Gasteiger partial charge in [0.2, 0.25) is 0 Å². The Labute approximate surface area is 190 Å². The van der Waals surface area contributed by atoms with E-state index in [-0.39, 0.29) is 11.6 Å². The highest BCUT2D eigenvalue weighted by atomic mass is 35.5. The second-order valence-electron chi connectivity index (χ2n) is 7.32. The number of aromatic nitrogens is 3. The van der Waals surface area contributed by atoms with Crippen LogP contribution >= 0.6 is 11.6 Å². The number of rotatable bonds is 6. The molecule has 0 aliphatic rings. The molecule has 4 rings (SSSR count). The fraction of sp³-hybridized carbons (Fsp3) is 0.120. The van der Waals surface area contributed by atoms with Crippen LogP contribution < -0.4 is 0 Å². The Morgan fingerprint density at radius 3 is 2.44 bits per heavy atom. The van der Waals surface area contributed by atoms with Crippen molar-refractivity contribution in [1.29, 1.82) is 0 Å². The van der Waals surface area contributed by atoms with Gasteiger partial charge in [-0.3, -0.25) is 4.79 Å². The number of benzene rings is 3. The van der Waals surface area contributed by atoms with E-state index in [2.05, 4.69) is 10.1 Å². The average molecular weight is 446 g/mol. The van der Waals surface area contributed by atoms with Crippen LogP contribution in [0.1, 0.15) is 32.1 Å². The maximum Gasteiger partial charge on any atom is 0.378 e. The first-order valence-corrected chi connectivity index (χ1v) is 10.4. The molecule has 7 heteroatoms. The molecule has 1 aromatic heterocycles. The normalized spacial score (nSPS) is 10.7. The van der Waals surface area contributed by atoms with Crippen molar-refractivity contribution in [3.05, 3.63) is 100 Å². The van der Waals surface area contributed by atoms with Crippen LogP contribution in [-0.2, 0) is 4.74 Å². The number of ether oxygens (including phenoxy) is 1. The summed E-state index contributed by atoms with van der Waals surface area (Å²) in [6.07, 6.45) is 0. The predicted molar refractivity (Wildman–Crippen MR) is 122 cm³/mol. The number of nitrogens with zero attached hydrogens (tertiary/aromatic N) is 3. The summed E-state index contributed by atoms with van der Waals surface area (Å²) in [7, 11) is 0. The summed E-state index contributed by atoms with van der Waals surface area (Å²) >= 11 is 6.16. The minimum atomic E-state index is -0.778. The molecule has 0 unspecified atom stereocenters. The number of Topliss-reactive ketones (excluding diaryl/α,β-unsaturated/α-hetero) is 1. The molecule has 0 aliphatic carbocycles. The topological polar surface area (TPSA) is 74.1 Å². The lowest BCUT2D eigenvalue weighted by Gasteiger charge is -2.08. The van der Waals surface area contributed by atoms with Crippen LogP contribution in [0.2, 0.25) is 5.02 Å². The number of carbonyl (C=O) groups excluding carboxylic acids is 2. The lowest BCUT2D eigenvalue weighted by molar-refractivity contribution is 0.0462. The number of ketones is 1. The highest BCUT2D eigenvalue weighted by Crippen LogP contribution is 2.25. The molecule has 0 amide bonds. The molecule has 0 aliphatic heterocycles. The van der Waals surface area contributed by atoms with Crippen molar-refractivity contribution in [3.63, 3.8) is 0 Å². The first kappa shape index (κ1) is 21.5. The van der Waals surface area contributed by atoms with Gasteiger partial charge in [-0.05, 0) is 49.2 Å².